The van der Waals surface area contributed by atoms with Crippen molar-refractivity contribution in [3.8, 4) is 22.9 Å². The molecule has 0 spiro atoms. The molecule has 0 heterocycles. The van der Waals surface area contributed by atoms with E-state index in [1.807, 2.05) is 24.3 Å². The van der Waals surface area contributed by atoms with Gasteiger partial charge in [-0.25, -0.2) is 0 Å². The van der Waals surface area contributed by atoms with Crippen LogP contribution >= 0.6 is 11.6 Å². The lowest BCUT2D eigenvalue weighted by Crippen LogP contribution is -2.43. The van der Waals surface area contributed by atoms with E-state index < -0.39 is 11.8 Å². The molecule has 0 saturated heterocycles. The van der Waals surface area contributed by atoms with Crippen molar-refractivity contribution in [3.05, 3.63) is 95.0 Å². The van der Waals surface area contributed by atoms with Gasteiger partial charge in [-0.1, -0.05) is 48.0 Å². The number of nitrogens with zero attached hydrogens (tertiary/aromatic N) is 1. The molecular formula is C24H18ClN3O3. The van der Waals surface area contributed by atoms with Gasteiger partial charge in [0.1, 0.15) is 5.75 Å². The number of hydrogen-bond acceptors (Lipinski definition) is 4. The second-order valence-corrected chi connectivity index (χ2v) is 6.86. The first-order valence-corrected chi connectivity index (χ1v) is 9.67. The molecule has 0 radical (unpaired) electrons. The molecule has 0 atom stereocenters. The molecule has 0 aromatic heterocycles. The Bertz CT molecular complexity index is 1130. The van der Waals surface area contributed by atoms with E-state index in [1.165, 1.54) is 6.08 Å². The Morgan fingerprint density at radius 2 is 1.65 bits per heavy atom. The Morgan fingerprint density at radius 3 is 2.29 bits per heavy atom. The summed E-state index contributed by atoms with van der Waals surface area (Å²) in [4.78, 5) is 23.7. The molecule has 3 rings (SSSR count). The van der Waals surface area contributed by atoms with E-state index in [4.69, 9.17) is 21.6 Å². The van der Waals surface area contributed by atoms with Crippen molar-refractivity contribution >= 4 is 29.5 Å². The van der Waals surface area contributed by atoms with Crippen molar-refractivity contribution in [2.24, 2.45) is 0 Å². The fourth-order valence-electron chi connectivity index (χ4n) is 2.62. The third-order valence-corrected chi connectivity index (χ3v) is 4.41. The van der Waals surface area contributed by atoms with Crippen molar-refractivity contribution in [3.63, 3.8) is 0 Å². The first-order chi connectivity index (χ1) is 15.0. The number of hydrazine groups is 1. The molecule has 0 fully saturated rings. The van der Waals surface area contributed by atoms with Gasteiger partial charge in [0.05, 0.1) is 11.6 Å². The van der Waals surface area contributed by atoms with Gasteiger partial charge in [0.2, 0.25) is 0 Å². The minimum atomic E-state index is -0.499. The average molecular weight is 432 g/mol. The van der Waals surface area contributed by atoms with Crippen molar-refractivity contribution in [1.29, 1.82) is 5.26 Å². The topological polar surface area (TPSA) is 91.2 Å². The number of carbonyl (C=O) groups is 2. The van der Waals surface area contributed by atoms with E-state index in [2.05, 4.69) is 16.9 Å². The lowest BCUT2D eigenvalue weighted by atomic mass is 10.0. The number of halogens is 1. The summed E-state index contributed by atoms with van der Waals surface area (Å²) in [5.41, 5.74) is 7.86. The molecule has 0 bridgehead atoms. The van der Waals surface area contributed by atoms with Crippen LogP contribution in [-0.4, -0.2) is 18.4 Å². The van der Waals surface area contributed by atoms with Gasteiger partial charge >= 0.3 is 0 Å². The van der Waals surface area contributed by atoms with Crippen LogP contribution in [0.1, 0.15) is 11.1 Å². The standard InChI is InChI=1S/C24H18ClN3O3/c25-21-3-1-2-17(14-21)6-13-23(29)27-28-24(30)16-31-22-11-9-20(10-12-22)19-7-4-18(15-26)5-8-19/h1-14H,16H2,(H,27,29)(H,28,30)/b13-6+. The maximum absolute atomic E-state index is 11.9. The van der Waals surface area contributed by atoms with E-state index >= 15 is 0 Å². The summed E-state index contributed by atoms with van der Waals surface area (Å²) in [7, 11) is 0. The molecule has 31 heavy (non-hydrogen) atoms. The van der Waals surface area contributed by atoms with Crippen LogP contribution < -0.4 is 15.6 Å². The monoisotopic (exact) mass is 431 g/mol. The zero-order valence-corrected chi connectivity index (χ0v) is 17.1. The van der Waals surface area contributed by atoms with E-state index in [1.54, 1.807) is 54.6 Å². The van der Waals surface area contributed by atoms with E-state index in [0.717, 1.165) is 16.7 Å². The van der Waals surface area contributed by atoms with Crippen LogP contribution in [0.3, 0.4) is 0 Å². The number of benzene rings is 3. The Balaban J connectivity index is 1.43. The highest BCUT2D eigenvalue weighted by Crippen LogP contribution is 2.22. The Morgan fingerprint density at radius 1 is 0.968 bits per heavy atom. The fourth-order valence-corrected chi connectivity index (χ4v) is 2.82. The highest BCUT2D eigenvalue weighted by molar-refractivity contribution is 6.30. The number of nitrogens with one attached hydrogen (secondary N) is 2. The summed E-state index contributed by atoms with van der Waals surface area (Å²) in [6.07, 6.45) is 2.87. The summed E-state index contributed by atoms with van der Waals surface area (Å²) >= 11 is 5.88. The van der Waals surface area contributed by atoms with Crippen LogP contribution in [0.25, 0.3) is 17.2 Å². The van der Waals surface area contributed by atoms with Crippen molar-refractivity contribution in [2.45, 2.75) is 0 Å². The summed E-state index contributed by atoms with van der Waals surface area (Å²) in [6.45, 7) is -0.255. The fraction of sp³-hybridized carbons (Fsp3) is 0.0417. The molecule has 3 aromatic carbocycles. The van der Waals surface area contributed by atoms with Crippen molar-refractivity contribution in [2.75, 3.05) is 6.61 Å². The largest absolute Gasteiger partial charge is 0.484 e. The lowest BCUT2D eigenvalue weighted by Gasteiger charge is -2.08. The average Bonchev–Trinajstić information content (AvgIpc) is 2.80. The second-order valence-electron chi connectivity index (χ2n) is 6.43. The number of rotatable bonds is 6. The van der Waals surface area contributed by atoms with Crippen LogP contribution in [0.5, 0.6) is 5.75 Å². The minimum absolute atomic E-state index is 0.255. The van der Waals surface area contributed by atoms with Gasteiger partial charge in [0.15, 0.2) is 6.61 Å². The second kappa shape index (κ2) is 10.6. The summed E-state index contributed by atoms with van der Waals surface area (Å²) in [5, 5.41) is 9.43. The first kappa shape index (κ1) is 21.6. The molecule has 0 aliphatic carbocycles. The van der Waals surface area contributed by atoms with Crippen molar-refractivity contribution in [1.82, 2.24) is 10.9 Å². The normalized spacial score (nSPS) is 10.3. The van der Waals surface area contributed by atoms with E-state index in [0.29, 0.717) is 16.3 Å². The third-order valence-electron chi connectivity index (χ3n) is 4.17. The van der Waals surface area contributed by atoms with Crippen LogP contribution in [0.15, 0.2) is 78.9 Å². The predicted molar refractivity (Wildman–Crippen MR) is 119 cm³/mol. The molecule has 2 N–H and O–H groups in total. The highest BCUT2D eigenvalue weighted by atomic mass is 35.5. The quantitative estimate of drug-likeness (QED) is 0.453. The van der Waals surface area contributed by atoms with Gasteiger partial charge in [-0.05, 0) is 59.2 Å². The smallest absolute Gasteiger partial charge is 0.276 e. The molecule has 0 unspecified atom stereocenters. The zero-order valence-electron chi connectivity index (χ0n) is 16.3. The zero-order chi connectivity index (χ0) is 22.1. The van der Waals surface area contributed by atoms with Gasteiger partial charge in [-0.15, -0.1) is 0 Å². The molecule has 0 aliphatic rings. The Labute approximate surface area is 184 Å². The Hall–Kier alpha value is -4.08. The SMILES string of the molecule is N#Cc1ccc(-c2ccc(OCC(=O)NNC(=O)/C=C/c3cccc(Cl)c3)cc2)cc1. The number of nitriles is 1. The van der Waals surface area contributed by atoms with E-state index in [9.17, 15) is 9.59 Å². The van der Waals surface area contributed by atoms with Crippen molar-refractivity contribution < 1.29 is 14.3 Å². The van der Waals surface area contributed by atoms with Gasteiger partial charge in [0, 0.05) is 11.1 Å². The van der Waals surface area contributed by atoms with Gasteiger partial charge < -0.3 is 4.74 Å². The van der Waals surface area contributed by atoms with Crippen LogP contribution in [0, 0.1) is 11.3 Å². The molecule has 154 valence electrons. The summed E-state index contributed by atoms with van der Waals surface area (Å²) in [5.74, 6) is -0.472. The molecule has 0 saturated carbocycles. The Kier molecular flexibility index (Phi) is 7.41. The summed E-state index contributed by atoms with van der Waals surface area (Å²) in [6, 6.07) is 23.5. The number of carbonyl (C=O) groups excluding carboxylic acids is 2. The predicted octanol–water partition coefficient (Wildman–Crippen LogP) is 4.12. The van der Waals surface area contributed by atoms with Crippen LogP contribution in [0.4, 0.5) is 0 Å². The molecule has 6 nitrogen and oxygen atoms in total. The highest BCUT2D eigenvalue weighted by Gasteiger charge is 2.05. The molecule has 2 amide bonds. The van der Waals surface area contributed by atoms with Crippen LogP contribution in [-0.2, 0) is 9.59 Å². The number of ether oxygens (including phenoxy) is 1. The van der Waals surface area contributed by atoms with Crippen LogP contribution in [0.2, 0.25) is 5.02 Å². The summed E-state index contributed by atoms with van der Waals surface area (Å²) < 4.78 is 5.43. The third kappa shape index (κ3) is 6.74. The van der Waals surface area contributed by atoms with Gasteiger partial charge in [-0.2, -0.15) is 5.26 Å². The molecule has 3 aromatic rings. The van der Waals surface area contributed by atoms with E-state index in [-0.39, 0.29) is 6.61 Å². The molecule has 7 heteroatoms. The maximum Gasteiger partial charge on any atom is 0.276 e. The minimum Gasteiger partial charge on any atom is -0.484 e. The number of amides is 2. The molecular weight excluding hydrogens is 414 g/mol. The van der Waals surface area contributed by atoms with Gasteiger partial charge in [-0.3, -0.25) is 20.4 Å². The first-order valence-electron chi connectivity index (χ1n) is 9.29. The van der Waals surface area contributed by atoms with Gasteiger partial charge in [0.25, 0.3) is 11.8 Å². The lowest BCUT2D eigenvalue weighted by molar-refractivity contribution is -0.128. The molecule has 0 aliphatic heterocycles. The number of hydrogen-bond donors (Lipinski definition) is 2. The maximum atomic E-state index is 11.9.